The summed E-state index contributed by atoms with van der Waals surface area (Å²) in [5.41, 5.74) is 0.396. The third-order valence-electron chi connectivity index (χ3n) is 1.94. The molecule has 4 nitrogen and oxygen atoms in total. The van der Waals surface area contributed by atoms with Crippen molar-refractivity contribution in [3.63, 3.8) is 0 Å². The van der Waals surface area contributed by atoms with Crippen molar-refractivity contribution in [2.24, 2.45) is 0 Å². The van der Waals surface area contributed by atoms with E-state index >= 15 is 0 Å². The third kappa shape index (κ3) is 2.32. The van der Waals surface area contributed by atoms with E-state index < -0.39 is 12.1 Å². The molecular weight excluding hydrogens is 237 g/mol. The summed E-state index contributed by atoms with van der Waals surface area (Å²) >= 11 is 0. The van der Waals surface area contributed by atoms with Gasteiger partial charge in [0.2, 0.25) is 0 Å². The van der Waals surface area contributed by atoms with Crippen LogP contribution in [0, 0.1) is 0 Å². The van der Waals surface area contributed by atoms with E-state index in [0.29, 0.717) is 5.52 Å². The zero-order chi connectivity index (χ0) is 12.5. The number of carbonyl (C=O) groups excluding carboxylic acids is 1. The maximum atomic E-state index is 12.0. The molecule has 0 spiro atoms. The molecule has 0 aliphatic carbocycles. The Morgan fingerprint density at radius 2 is 2.06 bits per heavy atom. The number of rotatable bonds is 1. The van der Waals surface area contributed by atoms with Crippen molar-refractivity contribution < 1.29 is 22.7 Å². The third-order valence-corrected chi connectivity index (χ3v) is 1.94. The summed E-state index contributed by atoms with van der Waals surface area (Å²) in [5.74, 6) is -2.49. The molecule has 0 N–H and O–H groups in total. The molecule has 2 aromatic rings. The van der Waals surface area contributed by atoms with Gasteiger partial charge < -0.3 is 4.74 Å². The number of halogens is 3. The average Bonchev–Trinajstić information content (AvgIpc) is 2.28. The van der Waals surface area contributed by atoms with Crippen LogP contribution >= 0.6 is 0 Å². The van der Waals surface area contributed by atoms with Gasteiger partial charge in [0.1, 0.15) is 12.1 Å². The van der Waals surface area contributed by atoms with E-state index in [4.69, 9.17) is 0 Å². The minimum Gasteiger partial charge on any atom is -0.419 e. The summed E-state index contributed by atoms with van der Waals surface area (Å²) in [7, 11) is 0. The van der Waals surface area contributed by atoms with Crippen molar-refractivity contribution in [3.8, 4) is 5.75 Å². The minimum atomic E-state index is -5.03. The Labute approximate surface area is 93.1 Å². The molecule has 7 heteroatoms. The Hall–Kier alpha value is -2.18. The summed E-state index contributed by atoms with van der Waals surface area (Å²) in [4.78, 5) is 18.2. The van der Waals surface area contributed by atoms with Crippen molar-refractivity contribution in [1.82, 2.24) is 9.97 Å². The van der Waals surface area contributed by atoms with Gasteiger partial charge in [-0.05, 0) is 12.1 Å². The van der Waals surface area contributed by atoms with Crippen LogP contribution in [-0.2, 0) is 4.79 Å². The summed E-state index contributed by atoms with van der Waals surface area (Å²) in [6.45, 7) is 0. The fourth-order valence-corrected chi connectivity index (χ4v) is 1.22. The molecule has 2 rings (SSSR count). The number of carbonyl (C=O) groups is 1. The summed E-state index contributed by atoms with van der Waals surface area (Å²) in [6, 6.07) is 4.26. The molecule has 1 aromatic heterocycles. The molecule has 0 radical (unpaired) electrons. The second kappa shape index (κ2) is 4.00. The number of hydrogen-bond donors (Lipinski definition) is 0. The van der Waals surface area contributed by atoms with Crippen LogP contribution in [0.4, 0.5) is 13.2 Å². The zero-order valence-corrected chi connectivity index (χ0v) is 8.23. The van der Waals surface area contributed by atoms with Gasteiger partial charge in [-0.15, -0.1) is 0 Å². The maximum absolute atomic E-state index is 12.0. The van der Waals surface area contributed by atoms with Gasteiger partial charge in [-0.25, -0.2) is 14.8 Å². The Balaban J connectivity index is 2.40. The predicted molar refractivity (Wildman–Crippen MR) is 51.2 cm³/mol. The highest BCUT2D eigenvalue weighted by Crippen LogP contribution is 2.26. The van der Waals surface area contributed by atoms with Crippen LogP contribution in [0.15, 0.2) is 30.7 Å². The minimum absolute atomic E-state index is 0.217. The summed E-state index contributed by atoms with van der Waals surface area (Å²) < 4.78 is 40.3. The highest BCUT2D eigenvalue weighted by atomic mass is 19.4. The van der Waals surface area contributed by atoms with E-state index in [9.17, 15) is 18.0 Å². The normalized spacial score (nSPS) is 11.5. The van der Waals surface area contributed by atoms with Crippen LogP contribution in [0.5, 0.6) is 5.75 Å². The van der Waals surface area contributed by atoms with Gasteiger partial charge in [-0.1, -0.05) is 6.07 Å². The first-order valence-electron chi connectivity index (χ1n) is 4.46. The second-order valence-electron chi connectivity index (χ2n) is 3.10. The molecule has 0 aliphatic heterocycles. The van der Waals surface area contributed by atoms with Gasteiger partial charge in [0.05, 0.1) is 10.9 Å². The fourth-order valence-electron chi connectivity index (χ4n) is 1.22. The lowest BCUT2D eigenvalue weighted by Crippen LogP contribution is -2.28. The number of nitrogens with zero attached hydrogens (tertiary/aromatic N) is 2. The monoisotopic (exact) mass is 242 g/mol. The van der Waals surface area contributed by atoms with Gasteiger partial charge in [-0.2, -0.15) is 13.2 Å². The number of alkyl halides is 3. The van der Waals surface area contributed by atoms with Gasteiger partial charge in [-0.3, -0.25) is 0 Å². The number of ether oxygens (including phenoxy) is 1. The van der Waals surface area contributed by atoms with E-state index in [1.807, 2.05) is 0 Å². The lowest BCUT2D eigenvalue weighted by molar-refractivity contribution is -0.189. The highest BCUT2D eigenvalue weighted by molar-refractivity contribution is 5.88. The molecule has 0 saturated carbocycles. The second-order valence-corrected chi connectivity index (χ2v) is 3.10. The maximum Gasteiger partial charge on any atom is 0.491 e. The topological polar surface area (TPSA) is 52.1 Å². The Morgan fingerprint density at radius 3 is 2.76 bits per heavy atom. The highest BCUT2D eigenvalue weighted by Gasteiger charge is 2.41. The van der Waals surface area contributed by atoms with Crippen LogP contribution in [0.1, 0.15) is 0 Å². The van der Waals surface area contributed by atoms with Crippen LogP contribution < -0.4 is 4.74 Å². The van der Waals surface area contributed by atoms with Gasteiger partial charge in [0.25, 0.3) is 0 Å². The number of aromatic nitrogens is 2. The molecule has 1 heterocycles. The standard InChI is InChI=1S/C10H5F3N2O2/c11-10(12,13)9(16)17-8-3-1-2-7-6(8)4-14-5-15-7/h1-5H. The van der Waals surface area contributed by atoms with Crippen LogP contribution in [-0.4, -0.2) is 22.1 Å². The van der Waals surface area contributed by atoms with Crippen LogP contribution in [0.25, 0.3) is 10.9 Å². The first-order valence-corrected chi connectivity index (χ1v) is 4.46. The predicted octanol–water partition coefficient (Wildman–Crippen LogP) is 2.10. The smallest absolute Gasteiger partial charge is 0.419 e. The Bertz CT molecular complexity index is 563. The summed E-state index contributed by atoms with van der Waals surface area (Å²) in [5, 5.41) is 0.243. The van der Waals surface area contributed by atoms with E-state index in [-0.39, 0.29) is 11.1 Å². The van der Waals surface area contributed by atoms with Crippen molar-refractivity contribution in [1.29, 1.82) is 0 Å². The number of benzene rings is 1. The van der Waals surface area contributed by atoms with Gasteiger partial charge in [0, 0.05) is 6.20 Å². The molecule has 0 amide bonds. The average molecular weight is 242 g/mol. The fraction of sp³-hybridized carbons (Fsp3) is 0.100. The first-order chi connectivity index (χ1) is 7.98. The largest absolute Gasteiger partial charge is 0.491 e. The summed E-state index contributed by atoms with van der Waals surface area (Å²) in [6.07, 6.45) is -2.50. The van der Waals surface area contributed by atoms with Crippen LogP contribution in [0.3, 0.4) is 0 Å². The molecular formula is C10H5F3N2O2. The van der Waals surface area contributed by atoms with Crippen molar-refractivity contribution in [3.05, 3.63) is 30.7 Å². The van der Waals surface area contributed by atoms with E-state index in [1.165, 1.54) is 24.7 Å². The Morgan fingerprint density at radius 1 is 1.29 bits per heavy atom. The van der Waals surface area contributed by atoms with Crippen molar-refractivity contribution in [2.45, 2.75) is 6.18 Å². The Kier molecular flexibility index (Phi) is 2.66. The lowest BCUT2D eigenvalue weighted by atomic mass is 10.2. The molecule has 17 heavy (non-hydrogen) atoms. The molecule has 0 saturated heterocycles. The number of fused-ring (bicyclic) bond motifs is 1. The van der Waals surface area contributed by atoms with Gasteiger partial charge >= 0.3 is 12.1 Å². The van der Waals surface area contributed by atoms with Crippen molar-refractivity contribution >= 4 is 16.9 Å². The molecule has 0 unspecified atom stereocenters. The SMILES string of the molecule is O=C(Oc1cccc2ncncc12)C(F)(F)F. The number of esters is 1. The first kappa shape index (κ1) is 11.3. The number of hydrogen-bond acceptors (Lipinski definition) is 4. The molecule has 1 aromatic carbocycles. The van der Waals surface area contributed by atoms with E-state index in [1.54, 1.807) is 6.07 Å². The van der Waals surface area contributed by atoms with E-state index in [0.717, 1.165) is 0 Å². The van der Waals surface area contributed by atoms with Gasteiger partial charge in [0.15, 0.2) is 0 Å². The van der Waals surface area contributed by atoms with E-state index in [2.05, 4.69) is 14.7 Å². The molecule has 0 atom stereocenters. The quantitative estimate of drug-likeness (QED) is 0.567. The van der Waals surface area contributed by atoms with Crippen LogP contribution in [0.2, 0.25) is 0 Å². The van der Waals surface area contributed by atoms with Crippen molar-refractivity contribution in [2.75, 3.05) is 0 Å². The molecule has 88 valence electrons. The zero-order valence-electron chi connectivity index (χ0n) is 8.23. The lowest BCUT2D eigenvalue weighted by Gasteiger charge is -2.08. The molecule has 0 fully saturated rings. The molecule has 0 aliphatic rings. The molecule has 0 bridgehead atoms.